The Morgan fingerprint density at radius 1 is 1.11 bits per heavy atom. The van der Waals surface area contributed by atoms with Gasteiger partial charge in [-0.15, -0.1) is 0 Å². The summed E-state index contributed by atoms with van der Waals surface area (Å²) in [6.07, 6.45) is 6.42. The number of aliphatic carboxylic acids is 1. The number of carbonyl (C=O) groups excluding carboxylic acids is 3. The Bertz CT molecular complexity index is 701. The third-order valence-corrected chi connectivity index (χ3v) is 7.43. The molecule has 2 aliphatic heterocycles. The minimum Gasteiger partial charge on any atom is -0.481 e. The van der Waals surface area contributed by atoms with Gasteiger partial charge in [0, 0.05) is 20.1 Å². The van der Waals surface area contributed by atoms with Gasteiger partial charge in [-0.2, -0.15) is 0 Å². The molecule has 8 nitrogen and oxygen atoms in total. The zero-order valence-electron chi connectivity index (χ0n) is 15.8. The Labute approximate surface area is 158 Å². The van der Waals surface area contributed by atoms with E-state index in [0.29, 0.717) is 25.8 Å². The molecule has 2 aliphatic carbocycles. The average Bonchev–Trinajstić information content (AvgIpc) is 3.27. The first-order valence-electron chi connectivity index (χ1n) is 9.93. The maximum absolute atomic E-state index is 13.0. The summed E-state index contributed by atoms with van der Waals surface area (Å²) < 4.78 is 0. The molecule has 0 radical (unpaired) electrons. The van der Waals surface area contributed by atoms with Gasteiger partial charge in [-0.3, -0.25) is 19.3 Å². The number of carboxylic acid groups (broad SMARTS) is 1. The Balaban J connectivity index is 1.48. The molecule has 8 heteroatoms. The number of imide groups is 1. The van der Waals surface area contributed by atoms with E-state index in [9.17, 15) is 24.3 Å². The lowest BCUT2D eigenvalue weighted by molar-refractivity contribution is -0.150. The average molecular weight is 377 g/mol. The van der Waals surface area contributed by atoms with E-state index in [1.165, 1.54) is 4.90 Å². The van der Waals surface area contributed by atoms with Crippen molar-refractivity contribution >= 4 is 23.8 Å². The lowest BCUT2D eigenvalue weighted by Crippen LogP contribution is -2.49. The smallest absolute Gasteiger partial charge is 0.327 e. The second-order valence-corrected chi connectivity index (χ2v) is 8.65. The van der Waals surface area contributed by atoms with Gasteiger partial charge < -0.3 is 14.9 Å². The van der Waals surface area contributed by atoms with Crippen molar-refractivity contribution in [1.82, 2.24) is 14.7 Å². The highest BCUT2D eigenvalue weighted by atomic mass is 16.4. The van der Waals surface area contributed by atoms with Crippen LogP contribution in [0, 0.1) is 11.3 Å². The number of nitrogens with zero attached hydrogens (tertiary/aromatic N) is 3. The monoisotopic (exact) mass is 377 g/mol. The van der Waals surface area contributed by atoms with Crippen molar-refractivity contribution < 1.29 is 24.3 Å². The summed E-state index contributed by atoms with van der Waals surface area (Å²) in [5.41, 5.74) is -1.64. The van der Waals surface area contributed by atoms with Crippen molar-refractivity contribution in [3.8, 4) is 0 Å². The Hall–Kier alpha value is -2.12. The van der Waals surface area contributed by atoms with Crippen LogP contribution in [0.3, 0.4) is 0 Å². The van der Waals surface area contributed by atoms with E-state index in [4.69, 9.17) is 0 Å². The number of rotatable bonds is 3. The first-order valence-corrected chi connectivity index (χ1v) is 9.93. The number of amides is 4. The predicted octanol–water partition coefficient (Wildman–Crippen LogP) is 1.30. The standard InChI is InChI=1S/C19H27N3O5/c1-20-17(27)22(15(24)19(20)8-3-2-4-9-19)11-14(23)21-10-13-6-5-7-18(13,12-21)16(25)26/h13H,2-12H2,1H3,(H,25,26)/t13-,18+/m0/s1. The molecule has 148 valence electrons. The summed E-state index contributed by atoms with van der Waals surface area (Å²) in [4.78, 5) is 54.5. The number of hydrogen-bond acceptors (Lipinski definition) is 4. The zero-order chi connectivity index (χ0) is 19.4. The fourth-order valence-electron chi connectivity index (χ4n) is 5.74. The Kier molecular flexibility index (Phi) is 4.20. The molecule has 0 aromatic rings. The van der Waals surface area contributed by atoms with Crippen LogP contribution in [0.15, 0.2) is 0 Å². The van der Waals surface area contributed by atoms with E-state index in [2.05, 4.69) is 0 Å². The summed E-state index contributed by atoms with van der Waals surface area (Å²) in [6.45, 7) is 0.303. The third kappa shape index (κ3) is 2.48. The zero-order valence-corrected chi connectivity index (χ0v) is 15.8. The van der Waals surface area contributed by atoms with Crippen LogP contribution in [0.1, 0.15) is 51.4 Å². The van der Waals surface area contributed by atoms with Crippen LogP contribution in [0.5, 0.6) is 0 Å². The number of carboxylic acids is 1. The predicted molar refractivity (Wildman–Crippen MR) is 94.7 cm³/mol. The Morgan fingerprint density at radius 3 is 2.44 bits per heavy atom. The molecule has 4 fully saturated rings. The molecule has 4 rings (SSSR count). The van der Waals surface area contributed by atoms with Gasteiger partial charge in [-0.25, -0.2) is 4.79 Å². The first-order chi connectivity index (χ1) is 12.8. The molecule has 27 heavy (non-hydrogen) atoms. The van der Waals surface area contributed by atoms with Crippen LogP contribution in [0.25, 0.3) is 0 Å². The molecular formula is C19H27N3O5. The SMILES string of the molecule is CN1C(=O)N(CC(=O)N2C[C@@H]3CCC[C@@]3(C(=O)O)C2)C(=O)C12CCCCC2. The third-order valence-electron chi connectivity index (χ3n) is 7.43. The summed E-state index contributed by atoms with van der Waals surface area (Å²) in [7, 11) is 1.65. The highest BCUT2D eigenvalue weighted by Crippen LogP contribution is 2.49. The summed E-state index contributed by atoms with van der Waals surface area (Å²) >= 11 is 0. The molecule has 0 unspecified atom stereocenters. The topological polar surface area (TPSA) is 98.2 Å². The molecular weight excluding hydrogens is 350 g/mol. The summed E-state index contributed by atoms with van der Waals surface area (Å²) in [6, 6.07) is -0.414. The molecule has 2 heterocycles. The lowest BCUT2D eigenvalue weighted by Gasteiger charge is -2.35. The van der Waals surface area contributed by atoms with Crippen molar-refractivity contribution in [2.45, 2.75) is 56.9 Å². The van der Waals surface area contributed by atoms with Gasteiger partial charge in [0.05, 0.1) is 5.41 Å². The molecule has 2 saturated carbocycles. The first kappa shape index (κ1) is 18.3. The number of likely N-dealkylation sites (N-methyl/N-ethyl adjacent to an activating group) is 1. The van der Waals surface area contributed by atoms with Crippen LogP contribution in [0.4, 0.5) is 4.79 Å². The van der Waals surface area contributed by atoms with Gasteiger partial charge >= 0.3 is 12.0 Å². The highest BCUT2D eigenvalue weighted by Gasteiger charge is 2.58. The molecule has 0 aromatic heterocycles. The number of urea groups is 1. The van der Waals surface area contributed by atoms with Crippen LogP contribution < -0.4 is 0 Å². The van der Waals surface area contributed by atoms with E-state index in [-0.39, 0.29) is 30.8 Å². The van der Waals surface area contributed by atoms with Crippen LogP contribution in [0.2, 0.25) is 0 Å². The normalized spacial score (nSPS) is 32.5. The number of hydrogen-bond donors (Lipinski definition) is 1. The molecule has 2 atom stereocenters. The summed E-state index contributed by atoms with van der Waals surface area (Å²) in [5, 5.41) is 9.68. The van der Waals surface area contributed by atoms with Crippen molar-refractivity contribution in [3.63, 3.8) is 0 Å². The minimum absolute atomic E-state index is 0.0312. The second kappa shape index (κ2) is 6.21. The molecule has 2 saturated heterocycles. The number of fused-ring (bicyclic) bond motifs is 1. The van der Waals surface area contributed by atoms with Gasteiger partial charge in [0.25, 0.3) is 5.91 Å². The van der Waals surface area contributed by atoms with Gasteiger partial charge in [0.1, 0.15) is 12.1 Å². The molecule has 1 N–H and O–H groups in total. The van der Waals surface area contributed by atoms with Crippen molar-refractivity contribution in [3.05, 3.63) is 0 Å². The summed E-state index contributed by atoms with van der Waals surface area (Å²) in [5.74, 6) is -1.46. The molecule has 1 spiro atoms. The fourth-order valence-corrected chi connectivity index (χ4v) is 5.74. The van der Waals surface area contributed by atoms with E-state index in [1.54, 1.807) is 11.9 Å². The Morgan fingerprint density at radius 2 is 1.81 bits per heavy atom. The molecule has 4 aliphatic rings. The molecule has 4 amide bonds. The highest BCUT2D eigenvalue weighted by molar-refractivity contribution is 6.09. The maximum atomic E-state index is 13.0. The van der Waals surface area contributed by atoms with Crippen molar-refractivity contribution in [2.75, 3.05) is 26.7 Å². The second-order valence-electron chi connectivity index (χ2n) is 8.65. The molecule has 0 aromatic carbocycles. The van der Waals surface area contributed by atoms with Gasteiger partial charge in [0.2, 0.25) is 5.91 Å². The lowest BCUT2D eigenvalue weighted by atomic mass is 9.81. The van der Waals surface area contributed by atoms with Gasteiger partial charge in [-0.1, -0.05) is 25.7 Å². The van der Waals surface area contributed by atoms with Crippen LogP contribution >= 0.6 is 0 Å². The minimum atomic E-state index is -0.851. The van der Waals surface area contributed by atoms with Crippen molar-refractivity contribution in [2.24, 2.45) is 11.3 Å². The quantitative estimate of drug-likeness (QED) is 0.748. The van der Waals surface area contributed by atoms with Crippen LogP contribution in [-0.4, -0.2) is 75.8 Å². The number of likely N-dealkylation sites (tertiary alicyclic amines) is 1. The molecule has 0 bridgehead atoms. The van der Waals surface area contributed by atoms with E-state index >= 15 is 0 Å². The van der Waals surface area contributed by atoms with Crippen LogP contribution in [-0.2, 0) is 14.4 Å². The maximum Gasteiger partial charge on any atom is 0.327 e. The van der Waals surface area contributed by atoms with E-state index in [1.807, 2.05) is 0 Å². The van der Waals surface area contributed by atoms with Gasteiger partial charge in [-0.05, 0) is 31.6 Å². The fraction of sp³-hybridized carbons (Fsp3) is 0.789. The largest absolute Gasteiger partial charge is 0.481 e. The van der Waals surface area contributed by atoms with E-state index < -0.39 is 23.0 Å². The number of carbonyl (C=O) groups is 4. The van der Waals surface area contributed by atoms with Crippen molar-refractivity contribution in [1.29, 1.82) is 0 Å². The van der Waals surface area contributed by atoms with Gasteiger partial charge in [0.15, 0.2) is 0 Å². The van der Waals surface area contributed by atoms with E-state index in [0.717, 1.165) is 37.0 Å².